The highest BCUT2D eigenvalue weighted by Gasteiger charge is 2.25. The van der Waals surface area contributed by atoms with Crippen LogP contribution in [0, 0.1) is 0 Å². The molecule has 0 amide bonds. The van der Waals surface area contributed by atoms with Gasteiger partial charge in [-0.2, -0.15) is 11.8 Å². The van der Waals surface area contributed by atoms with E-state index >= 15 is 0 Å². The molecule has 1 N–H and O–H groups in total. The Morgan fingerprint density at radius 1 is 1.50 bits per heavy atom. The van der Waals surface area contributed by atoms with Gasteiger partial charge in [-0.15, -0.1) is 0 Å². The van der Waals surface area contributed by atoms with E-state index < -0.39 is 6.10 Å². The van der Waals surface area contributed by atoms with E-state index in [9.17, 15) is 5.11 Å². The van der Waals surface area contributed by atoms with Crippen molar-refractivity contribution < 1.29 is 5.11 Å². The quantitative estimate of drug-likeness (QED) is 0.912. The summed E-state index contributed by atoms with van der Waals surface area (Å²) in [5, 5.41) is 10.4. The molecule has 1 aromatic heterocycles. The number of rotatable bonds is 3. The maximum atomic E-state index is 9.75. The number of hydrogen-bond acceptors (Lipinski definition) is 4. The van der Waals surface area contributed by atoms with Crippen LogP contribution in [0.4, 0.5) is 5.69 Å². The number of pyridine rings is 1. The van der Waals surface area contributed by atoms with Crippen molar-refractivity contribution >= 4 is 17.4 Å². The lowest BCUT2D eigenvalue weighted by molar-refractivity contribution is 0.169. The molecule has 18 heavy (non-hydrogen) atoms. The molecule has 0 aromatic carbocycles. The molecular formula is C14H22N2OS. The normalized spacial score (nSPS) is 26.1. The van der Waals surface area contributed by atoms with E-state index in [0.717, 1.165) is 12.2 Å². The van der Waals surface area contributed by atoms with E-state index in [4.69, 9.17) is 0 Å². The first-order chi connectivity index (χ1) is 8.63. The van der Waals surface area contributed by atoms with Crippen molar-refractivity contribution in [1.29, 1.82) is 0 Å². The summed E-state index contributed by atoms with van der Waals surface area (Å²) in [5.41, 5.74) is 1.94. The van der Waals surface area contributed by atoms with Crippen LogP contribution in [0.1, 0.15) is 39.0 Å². The van der Waals surface area contributed by atoms with Crippen molar-refractivity contribution in [3.63, 3.8) is 0 Å². The van der Waals surface area contributed by atoms with Crippen LogP contribution in [0.15, 0.2) is 18.3 Å². The van der Waals surface area contributed by atoms with Crippen molar-refractivity contribution in [2.24, 2.45) is 0 Å². The van der Waals surface area contributed by atoms with Gasteiger partial charge in [0.1, 0.15) is 0 Å². The van der Waals surface area contributed by atoms with E-state index in [2.05, 4.69) is 29.8 Å². The van der Waals surface area contributed by atoms with Gasteiger partial charge >= 0.3 is 0 Å². The maximum Gasteiger partial charge on any atom is 0.0957 e. The van der Waals surface area contributed by atoms with Crippen LogP contribution in [0.5, 0.6) is 0 Å². The summed E-state index contributed by atoms with van der Waals surface area (Å²) in [5.74, 6) is 1.17. The van der Waals surface area contributed by atoms with E-state index in [-0.39, 0.29) is 0 Å². The predicted octanol–water partition coefficient (Wildman–Crippen LogP) is 2.86. The molecule has 1 saturated heterocycles. The third-order valence-corrected chi connectivity index (χ3v) is 5.05. The first-order valence-corrected chi connectivity index (χ1v) is 7.70. The second kappa shape index (κ2) is 5.93. The molecule has 0 radical (unpaired) electrons. The van der Waals surface area contributed by atoms with Crippen LogP contribution in [-0.2, 0) is 0 Å². The highest BCUT2D eigenvalue weighted by molar-refractivity contribution is 8.00. The van der Waals surface area contributed by atoms with Gasteiger partial charge in [0.2, 0.25) is 0 Å². The Labute approximate surface area is 114 Å². The zero-order valence-corrected chi connectivity index (χ0v) is 12.2. The van der Waals surface area contributed by atoms with Gasteiger partial charge in [-0.1, -0.05) is 13.8 Å². The summed E-state index contributed by atoms with van der Waals surface area (Å²) in [6, 6.07) is 4.57. The number of anilines is 1. The summed E-state index contributed by atoms with van der Waals surface area (Å²) in [6.07, 6.45) is 2.17. The lowest BCUT2D eigenvalue weighted by atomic mass is 10.1. The van der Waals surface area contributed by atoms with Gasteiger partial charge in [-0.3, -0.25) is 4.98 Å². The molecule has 1 aliphatic rings. The van der Waals surface area contributed by atoms with Crippen LogP contribution in [0.3, 0.4) is 0 Å². The lowest BCUT2D eigenvalue weighted by Crippen LogP contribution is -2.44. The third-order valence-electron chi connectivity index (χ3n) is 3.71. The number of nitrogens with zero attached hydrogens (tertiary/aromatic N) is 2. The Hall–Kier alpha value is -0.740. The van der Waals surface area contributed by atoms with Gasteiger partial charge in [0.05, 0.1) is 23.7 Å². The largest absolute Gasteiger partial charge is 0.387 e. The summed E-state index contributed by atoms with van der Waals surface area (Å²) in [4.78, 5) is 6.80. The topological polar surface area (TPSA) is 36.4 Å². The Morgan fingerprint density at radius 2 is 2.28 bits per heavy atom. The van der Waals surface area contributed by atoms with Crippen molar-refractivity contribution in [1.82, 2.24) is 4.98 Å². The molecule has 1 fully saturated rings. The van der Waals surface area contributed by atoms with Gasteiger partial charge < -0.3 is 10.0 Å². The fraction of sp³-hybridized carbons (Fsp3) is 0.643. The fourth-order valence-corrected chi connectivity index (χ4v) is 3.37. The molecule has 1 aromatic rings. The van der Waals surface area contributed by atoms with Gasteiger partial charge in [0, 0.05) is 23.6 Å². The summed E-state index contributed by atoms with van der Waals surface area (Å²) < 4.78 is 0. The van der Waals surface area contributed by atoms with Crippen LogP contribution in [0.2, 0.25) is 0 Å². The molecule has 100 valence electrons. The van der Waals surface area contributed by atoms with Crippen molar-refractivity contribution in [3.05, 3.63) is 24.0 Å². The molecule has 3 unspecified atom stereocenters. The number of aliphatic hydroxyl groups is 1. The van der Waals surface area contributed by atoms with E-state index in [1.165, 1.54) is 11.4 Å². The maximum absolute atomic E-state index is 9.75. The number of thioether (sulfide) groups is 1. The van der Waals surface area contributed by atoms with Crippen LogP contribution >= 0.6 is 11.8 Å². The number of hydrogen-bond donors (Lipinski definition) is 1. The fourth-order valence-electron chi connectivity index (χ4n) is 2.27. The monoisotopic (exact) mass is 266 g/mol. The second-order valence-electron chi connectivity index (χ2n) is 4.88. The Morgan fingerprint density at radius 3 is 2.89 bits per heavy atom. The Bertz CT molecular complexity index is 382. The molecule has 2 heterocycles. The molecule has 0 saturated carbocycles. The van der Waals surface area contributed by atoms with Crippen molar-refractivity contribution in [3.8, 4) is 0 Å². The van der Waals surface area contributed by atoms with Crippen LogP contribution in [0.25, 0.3) is 0 Å². The summed E-state index contributed by atoms with van der Waals surface area (Å²) in [6.45, 7) is 7.59. The third kappa shape index (κ3) is 2.81. The van der Waals surface area contributed by atoms with Gasteiger partial charge in [-0.05, 0) is 25.5 Å². The van der Waals surface area contributed by atoms with Crippen molar-refractivity contribution in [2.45, 2.75) is 44.6 Å². The zero-order valence-electron chi connectivity index (χ0n) is 11.3. The van der Waals surface area contributed by atoms with E-state index in [0.29, 0.717) is 17.7 Å². The van der Waals surface area contributed by atoms with Gasteiger partial charge in [0.25, 0.3) is 0 Å². The molecule has 0 aliphatic carbocycles. The van der Waals surface area contributed by atoms with Gasteiger partial charge in [-0.25, -0.2) is 0 Å². The first kappa shape index (κ1) is 13.7. The predicted molar refractivity (Wildman–Crippen MR) is 78.2 cm³/mol. The minimum atomic E-state index is -0.438. The lowest BCUT2D eigenvalue weighted by Gasteiger charge is -2.39. The first-order valence-electron chi connectivity index (χ1n) is 6.65. The molecule has 1 aliphatic heterocycles. The van der Waals surface area contributed by atoms with Crippen LogP contribution < -0.4 is 4.90 Å². The highest BCUT2D eigenvalue weighted by atomic mass is 32.2. The molecule has 3 nitrogen and oxygen atoms in total. The molecule has 4 heteroatoms. The molecule has 3 atom stereocenters. The van der Waals surface area contributed by atoms with E-state index in [1.807, 2.05) is 30.9 Å². The highest BCUT2D eigenvalue weighted by Crippen LogP contribution is 2.29. The Kier molecular flexibility index (Phi) is 4.51. The molecule has 0 spiro atoms. The summed E-state index contributed by atoms with van der Waals surface area (Å²) in [7, 11) is 0. The molecule has 0 bridgehead atoms. The SMILES string of the molecule is CCC(O)c1ccc(N2CCSC(C)C2C)cn1. The average Bonchev–Trinajstić information content (AvgIpc) is 2.41. The second-order valence-corrected chi connectivity index (χ2v) is 6.36. The summed E-state index contributed by atoms with van der Waals surface area (Å²) >= 11 is 2.03. The van der Waals surface area contributed by atoms with E-state index in [1.54, 1.807) is 0 Å². The Balaban J connectivity index is 2.13. The molecule has 2 rings (SSSR count). The smallest absolute Gasteiger partial charge is 0.0957 e. The number of aromatic nitrogens is 1. The van der Waals surface area contributed by atoms with Crippen LogP contribution in [-0.4, -0.2) is 33.7 Å². The van der Waals surface area contributed by atoms with Gasteiger partial charge in [0.15, 0.2) is 0 Å². The minimum Gasteiger partial charge on any atom is -0.387 e. The number of aliphatic hydroxyl groups excluding tert-OH is 1. The zero-order chi connectivity index (χ0) is 13.1. The molecular weight excluding hydrogens is 244 g/mol. The minimum absolute atomic E-state index is 0.438. The average molecular weight is 266 g/mol. The van der Waals surface area contributed by atoms with Crippen molar-refractivity contribution in [2.75, 3.05) is 17.2 Å². The standard InChI is InChI=1S/C14H22N2OS/c1-4-14(17)13-6-5-12(9-15-13)16-7-8-18-11(3)10(16)2/h5-6,9-11,14,17H,4,7-8H2,1-3H3.